The summed E-state index contributed by atoms with van der Waals surface area (Å²) in [6.07, 6.45) is 0.691. The highest BCUT2D eigenvalue weighted by Crippen LogP contribution is 2.35. The highest BCUT2D eigenvalue weighted by molar-refractivity contribution is 8.00. The van der Waals surface area contributed by atoms with Crippen molar-refractivity contribution >= 4 is 23.4 Å². The Morgan fingerprint density at radius 1 is 0.935 bits per heavy atom. The molecule has 31 heavy (non-hydrogen) atoms. The van der Waals surface area contributed by atoms with Gasteiger partial charge in [-0.25, -0.2) is 0 Å². The smallest absolute Gasteiger partial charge is 0.242 e. The lowest BCUT2D eigenvalue weighted by molar-refractivity contribution is -0.115. The van der Waals surface area contributed by atoms with Crippen molar-refractivity contribution in [3.05, 3.63) is 107 Å². The van der Waals surface area contributed by atoms with Gasteiger partial charge in [-0.2, -0.15) is 0 Å². The SMILES string of the molecule is Cc1ccc(NC(=O)[C@H](Sc2nnc(Cc3ccccc3)n2C)c2ccccc2)cc1. The molecule has 0 bridgehead atoms. The van der Waals surface area contributed by atoms with Crippen LogP contribution >= 0.6 is 11.8 Å². The number of aryl methyl sites for hydroxylation is 1. The van der Waals surface area contributed by atoms with Gasteiger partial charge in [0.15, 0.2) is 5.16 Å². The first-order valence-electron chi connectivity index (χ1n) is 10.1. The Kier molecular flexibility index (Phi) is 6.48. The van der Waals surface area contributed by atoms with E-state index in [1.165, 1.54) is 17.3 Å². The van der Waals surface area contributed by atoms with Crippen LogP contribution in [-0.2, 0) is 18.3 Å². The Bertz CT molecular complexity index is 1140. The van der Waals surface area contributed by atoms with Crippen molar-refractivity contribution in [2.45, 2.75) is 23.8 Å². The number of hydrogen-bond donors (Lipinski definition) is 1. The summed E-state index contributed by atoms with van der Waals surface area (Å²) in [7, 11) is 1.94. The Morgan fingerprint density at radius 3 is 2.26 bits per heavy atom. The summed E-state index contributed by atoms with van der Waals surface area (Å²) in [5, 5.41) is 12.0. The number of rotatable bonds is 7. The van der Waals surface area contributed by atoms with Gasteiger partial charge in [-0.15, -0.1) is 10.2 Å². The Hall–Kier alpha value is -3.38. The van der Waals surface area contributed by atoms with Gasteiger partial charge in [-0.1, -0.05) is 90.1 Å². The summed E-state index contributed by atoms with van der Waals surface area (Å²) in [4.78, 5) is 13.2. The first-order valence-corrected chi connectivity index (χ1v) is 11.0. The quantitative estimate of drug-likeness (QED) is 0.412. The minimum Gasteiger partial charge on any atom is -0.325 e. The van der Waals surface area contributed by atoms with Crippen molar-refractivity contribution in [1.29, 1.82) is 0 Å². The lowest BCUT2D eigenvalue weighted by Crippen LogP contribution is -2.19. The van der Waals surface area contributed by atoms with Gasteiger partial charge in [0.1, 0.15) is 11.1 Å². The average molecular weight is 429 g/mol. The summed E-state index contributed by atoms with van der Waals surface area (Å²) in [5.74, 6) is 0.770. The molecule has 5 nitrogen and oxygen atoms in total. The second-order valence-corrected chi connectivity index (χ2v) is 8.46. The molecule has 4 aromatic rings. The van der Waals surface area contributed by atoms with E-state index in [0.29, 0.717) is 11.6 Å². The van der Waals surface area contributed by atoms with Crippen molar-refractivity contribution in [2.24, 2.45) is 7.05 Å². The average Bonchev–Trinajstić information content (AvgIpc) is 3.14. The lowest BCUT2D eigenvalue weighted by Gasteiger charge is -2.17. The molecule has 3 aromatic carbocycles. The number of carbonyl (C=O) groups is 1. The molecule has 0 fully saturated rings. The number of nitrogens with one attached hydrogen (secondary N) is 1. The van der Waals surface area contributed by atoms with Gasteiger partial charge in [0.25, 0.3) is 0 Å². The van der Waals surface area contributed by atoms with E-state index in [4.69, 9.17) is 0 Å². The Labute approximate surface area is 186 Å². The van der Waals surface area contributed by atoms with Gasteiger partial charge >= 0.3 is 0 Å². The summed E-state index contributed by atoms with van der Waals surface area (Å²) >= 11 is 1.41. The van der Waals surface area contributed by atoms with Crippen LogP contribution in [0.2, 0.25) is 0 Å². The van der Waals surface area contributed by atoms with Crippen LogP contribution in [0.15, 0.2) is 90.1 Å². The number of nitrogens with zero attached hydrogens (tertiary/aromatic N) is 3. The molecule has 4 rings (SSSR count). The zero-order valence-electron chi connectivity index (χ0n) is 17.5. The minimum absolute atomic E-state index is 0.0901. The second kappa shape index (κ2) is 9.62. The predicted octanol–water partition coefficient (Wildman–Crippen LogP) is 5.19. The molecule has 1 atom stereocenters. The molecule has 1 amide bonds. The van der Waals surface area contributed by atoms with E-state index in [1.54, 1.807) is 0 Å². The van der Waals surface area contributed by atoms with Gasteiger partial charge < -0.3 is 9.88 Å². The third-order valence-electron chi connectivity index (χ3n) is 5.01. The highest BCUT2D eigenvalue weighted by atomic mass is 32.2. The zero-order valence-corrected chi connectivity index (χ0v) is 18.3. The van der Waals surface area contributed by atoms with Crippen LogP contribution in [0.1, 0.15) is 27.8 Å². The molecular weight excluding hydrogens is 404 g/mol. The van der Waals surface area contributed by atoms with E-state index >= 15 is 0 Å². The molecule has 6 heteroatoms. The molecule has 0 saturated carbocycles. The Balaban J connectivity index is 1.57. The zero-order chi connectivity index (χ0) is 21.6. The molecule has 0 aliphatic rings. The molecular formula is C25H24N4OS. The first kappa shape index (κ1) is 20.9. The largest absolute Gasteiger partial charge is 0.325 e. The van der Waals surface area contributed by atoms with Crippen molar-refractivity contribution < 1.29 is 4.79 Å². The highest BCUT2D eigenvalue weighted by Gasteiger charge is 2.25. The van der Waals surface area contributed by atoms with Crippen LogP contribution < -0.4 is 5.32 Å². The molecule has 0 unspecified atom stereocenters. The standard InChI is InChI=1S/C25H24N4OS/c1-18-13-15-21(16-14-18)26-24(30)23(20-11-7-4-8-12-20)31-25-28-27-22(29(25)2)17-19-9-5-3-6-10-19/h3-16,23H,17H2,1-2H3,(H,26,30)/t23-/m1/s1. The van der Waals surface area contributed by atoms with E-state index in [-0.39, 0.29) is 5.91 Å². The van der Waals surface area contributed by atoms with Crippen molar-refractivity contribution in [3.8, 4) is 0 Å². The lowest BCUT2D eigenvalue weighted by atomic mass is 10.1. The van der Waals surface area contributed by atoms with Gasteiger partial charge in [0, 0.05) is 19.2 Å². The van der Waals surface area contributed by atoms with E-state index in [9.17, 15) is 4.79 Å². The van der Waals surface area contributed by atoms with Crippen LogP contribution in [0.5, 0.6) is 0 Å². The third-order valence-corrected chi connectivity index (χ3v) is 6.30. The second-order valence-electron chi connectivity index (χ2n) is 7.38. The maximum absolute atomic E-state index is 13.2. The van der Waals surface area contributed by atoms with Crippen LogP contribution in [0.25, 0.3) is 0 Å². The van der Waals surface area contributed by atoms with Crippen molar-refractivity contribution in [3.63, 3.8) is 0 Å². The maximum Gasteiger partial charge on any atom is 0.242 e. The Morgan fingerprint density at radius 2 is 1.58 bits per heavy atom. The molecule has 0 spiro atoms. The molecule has 156 valence electrons. The number of amides is 1. The van der Waals surface area contributed by atoms with Gasteiger partial charge in [-0.05, 0) is 30.2 Å². The van der Waals surface area contributed by atoms with E-state index < -0.39 is 5.25 Å². The molecule has 0 aliphatic heterocycles. The number of carbonyl (C=O) groups excluding carboxylic acids is 1. The molecule has 1 aromatic heterocycles. The fourth-order valence-corrected chi connectivity index (χ4v) is 4.25. The molecule has 0 radical (unpaired) electrons. The van der Waals surface area contributed by atoms with Gasteiger partial charge in [0.05, 0.1) is 0 Å². The molecule has 1 N–H and O–H groups in total. The summed E-state index contributed by atoms with van der Waals surface area (Å²) < 4.78 is 1.97. The van der Waals surface area contributed by atoms with E-state index in [1.807, 2.05) is 91.3 Å². The van der Waals surface area contributed by atoms with E-state index in [2.05, 4.69) is 27.6 Å². The predicted molar refractivity (Wildman–Crippen MR) is 125 cm³/mol. The summed E-state index contributed by atoms with van der Waals surface area (Å²) in [5.41, 5.74) is 4.02. The fraction of sp³-hybridized carbons (Fsp3) is 0.160. The number of benzene rings is 3. The van der Waals surface area contributed by atoms with Gasteiger partial charge in [0.2, 0.25) is 5.91 Å². The number of aromatic nitrogens is 3. The van der Waals surface area contributed by atoms with Crippen LogP contribution in [0.4, 0.5) is 5.69 Å². The van der Waals surface area contributed by atoms with Crippen LogP contribution in [-0.4, -0.2) is 20.7 Å². The number of thioether (sulfide) groups is 1. The molecule has 1 heterocycles. The van der Waals surface area contributed by atoms with Gasteiger partial charge in [-0.3, -0.25) is 4.79 Å². The fourth-order valence-electron chi connectivity index (χ4n) is 3.23. The normalized spacial score (nSPS) is 11.8. The van der Waals surface area contributed by atoms with Crippen molar-refractivity contribution in [2.75, 3.05) is 5.32 Å². The van der Waals surface area contributed by atoms with E-state index in [0.717, 1.165) is 22.6 Å². The van der Waals surface area contributed by atoms with Crippen LogP contribution in [0.3, 0.4) is 0 Å². The third kappa shape index (κ3) is 5.22. The maximum atomic E-state index is 13.2. The number of anilines is 1. The monoisotopic (exact) mass is 428 g/mol. The minimum atomic E-state index is -0.449. The first-order chi connectivity index (χ1) is 15.1. The number of hydrogen-bond acceptors (Lipinski definition) is 4. The molecule has 0 aliphatic carbocycles. The molecule has 0 saturated heterocycles. The summed E-state index contributed by atoms with van der Waals surface area (Å²) in [6.45, 7) is 2.02. The van der Waals surface area contributed by atoms with Crippen molar-refractivity contribution in [1.82, 2.24) is 14.8 Å². The topological polar surface area (TPSA) is 59.8 Å². The summed E-state index contributed by atoms with van der Waals surface area (Å²) in [6, 6.07) is 27.7. The van der Waals surface area contributed by atoms with Crippen LogP contribution in [0, 0.1) is 6.92 Å².